The third-order valence-electron chi connectivity index (χ3n) is 9.56. The van der Waals surface area contributed by atoms with Crippen LogP contribution in [0.2, 0.25) is 0 Å². The predicted octanol–water partition coefficient (Wildman–Crippen LogP) is 14.1. The Morgan fingerprint density at radius 3 is 2.42 bits per heavy atom. The van der Waals surface area contributed by atoms with Crippen molar-refractivity contribution < 1.29 is 0 Å². The average Bonchev–Trinajstić information content (AvgIpc) is 3.39. The van der Waals surface area contributed by atoms with E-state index in [2.05, 4.69) is 185 Å². The van der Waals surface area contributed by atoms with Gasteiger partial charge in [-0.05, 0) is 131 Å². The first-order chi connectivity index (χ1) is 24.4. The molecule has 0 amide bonds. The number of thioether (sulfide) groups is 1. The van der Waals surface area contributed by atoms with Crippen molar-refractivity contribution in [3.05, 3.63) is 225 Å². The van der Waals surface area contributed by atoms with Gasteiger partial charge in [-0.1, -0.05) is 165 Å². The number of hydrogen-bond donors (Lipinski definition) is 0. The van der Waals surface area contributed by atoms with E-state index in [0.29, 0.717) is 5.92 Å². The predicted molar refractivity (Wildman–Crippen MR) is 221 cm³/mol. The number of benzene rings is 2. The largest absolute Gasteiger partial charge is 0.0911 e. The van der Waals surface area contributed by atoms with Crippen LogP contribution in [0.25, 0.3) is 10.5 Å². The average molecular weight is 669 g/mol. The highest BCUT2D eigenvalue weighted by atomic mass is 32.2. The van der Waals surface area contributed by atoms with Crippen molar-refractivity contribution in [2.24, 2.45) is 5.92 Å². The molecule has 2 aromatic rings. The van der Waals surface area contributed by atoms with Gasteiger partial charge in [0, 0.05) is 9.81 Å². The van der Waals surface area contributed by atoms with Crippen LogP contribution in [0.15, 0.2) is 214 Å². The molecule has 0 saturated carbocycles. The minimum absolute atomic E-state index is 0.437. The van der Waals surface area contributed by atoms with Gasteiger partial charge in [0.25, 0.3) is 0 Å². The Hall–Kier alpha value is -4.85. The van der Waals surface area contributed by atoms with E-state index in [1.165, 1.54) is 54.4 Å². The van der Waals surface area contributed by atoms with Crippen molar-refractivity contribution in [2.75, 3.05) is 0 Å². The summed E-state index contributed by atoms with van der Waals surface area (Å²) >= 11 is 1.88. The van der Waals surface area contributed by atoms with E-state index in [9.17, 15) is 0 Å². The third kappa shape index (κ3) is 9.43. The molecule has 250 valence electrons. The molecule has 1 atom stereocenters. The van der Waals surface area contributed by atoms with Gasteiger partial charge in [0.2, 0.25) is 0 Å². The quantitative estimate of drug-likeness (QED) is 0.240. The van der Waals surface area contributed by atoms with Crippen LogP contribution in [0.5, 0.6) is 0 Å². The number of hydrogen-bond acceptors (Lipinski definition) is 1. The molecular formula is C49H48S. The minimum atomic E-state index is 0.437. The summed E-state index contributed by atoms with van der Waals surface area (Å²) in [5.74, 6) is 0.437. The SMILES string of the molecule is C=C(/C=C(/C=C/C1=C(C)C(=C/C=C2/C=C(C3=CCCC=C3)SC(c3ccccc3)=C2)/CCC1)\C=C(/C)C1=CC=CC(C)C=C1)c1ccccc1. The fourth-order valence-corrected chi connectivity index (χ4v) is 7.69. The first-order valence-electron chi connectivity index (χ1n) is 18.0. The Kier molecular flexibility index (Phi) is 12.0. The molecule has 2 aromatic carbocycles. The second-order valence-electron chi connectivity index (χ2n) is 13.4. The number of rotatable bonds is 9. The van der Waals surface area contributed by atoms with Gasteiger partial charge in [0.15, 0.2) is 0 Å². The molecular weight excluding hydrogens is 621 g/mol. The van der Waals surface area contributed by atoms with Gasteiger partial charge in [0.05, 0.1) is 0 Å². The monoisotopic (exact) mass is 668 g/mol. The lowest BCUT2D eigenvalue weighted by Gasteiger charge is -2.20. The van der Waals surface area contributed by atoms with Crippen molar-refractivity contribution in [3.8, 4) is 0 Å². The first-order valence-corrected chi connectivity index (χ1v) is 18.8. The molecule has 0 fully saturated rings. The topological polar surface area (TPSA) is 0 Å². The minimum Gasteiger partial charge on any atom is -0.0911 e. The van der Waals surface area contributed by atoms with Crippen molar-refractivity contribution in [1.82, 2.24) is 0 Å². The molecule has 0 radical (unpaired) electrons. The van der Waals surface area contributed by atoms with E-state index in [4.69, 9.17) is 0 Å². The summed E-state index contributed by atoms with van der Waals surface area (Å²) in [6.45, 7) is 11.2. The highest BCUT2D eigenvalue weighted by Crippen LogP contribution is 2.43. The summed E-state index contributed by atoms with van der Waals surface area (Å²) in [4.78, 5) is 2.62. The van der Waals surface area contributed by atoms with Crippen LogP contribution in [0.1, 0.15) is 64.0 Å². The van der Waals surface area contributed by atoms with E-state index in [1.54, 1.807) is 0 Å². The maximum Gasteiger partial charge on any atom is 0.0200 e. The van der Waals surface area contributed by atoms with E-state index < -0.39 is 0 Å². The van der Waals surface area contributed by atoms with Crippen molar-refractivity contribution in [3.63, 3.8) is 0 Å². The smallest absolute Gasteiger partial charge is 0.0200 e. The highest BCUT2D eigenvalue weighted by Gasteiger charge is 2.16. The van der Waals surface area contributed by atoms with E-state index in [0.717, 1.165) is 48.8 Å². The van der Waals surface area contributed by atoms with Crippen LogP contribution in [0.4, 0.5) is 0 Å². The Morgan fingerprint density at radius 2 is 1.64 bits per heavy atom. The molecule has 1 heteroatoms. The van der Waals surface area contributed by atoms with Crippen molar-refractivity contribution >= 4 is 22.2 Å². The van der Waals surface area contributed by atoms with Gasteiger partial charge in [-0.25, -0.2) is 0 Å². The molecule has 0 spiro atoms. The second kappa shape index (κ2) is 17.2. The summed E-state index contributed by atoms with van der Waals surface area (Å²) in [5.41, 5.74) is 13.8. The Labute approximate surface area is 304 Å². The highest BCUT2D eigenvalue weighted by molar-refractivity contribution is 8.12. The molecule has 0 N–H and O–H groups in total. The molecule has 6 rings (SSSR count). The molecule has 1 unspecified atom stereocenters. The molecule has 50 heavy (non-hydrogen) atoms. The number of allylic oxidation sites excluding steroid dienone is 25. The summed E-state index contributed by atoms with van der Waals surface area (Å²) in [6.07, 6.45) is 42.2. The lowest BCUT2D eigenvalue weighted by molar-refractivity contribution is 0.777. The zero-order chi connectivity index (χ0) is 34.7. The Balaban J connectivity index is 1.31. The lowest BCUT2D eigenvalue weighted by Crippen LogP contribution is -1.99. The van der Waals surface area contributed by atoms with Crippen LogP contribution in [-0.4, -0.2) is 0 Å². The van der Waals surface area contributed by atoms with E-state index in [-0.39, 0.29) is 0 Å². The molecule has 1 heterocycles. The van der Waals surface area contributed by atoms with Crippen LogP contribution in [0.3, 0.4) is 0 Å². The normalized spacial score (nSPS) is 21.7. The van der Waals surface area contributed by atoms with E-state index in [1.807, 2.05) is 11.8 Å². The standard InChI is InChI=1S/C49H48S/c1-36-16-14-23-43(29-26-36)38(3)33-40(32-37(2)42-17-8-5-9-18-42)27-30-44-24-15-25-45(39(44)4)31-28-41-34-48(46-19-10-6-11-20-46)50-49(35-41)47-21-12-7-13-22-47/h5-6,8-12,14,16-23,26-36H,2,7,13,15,24-25H2,1,3-4H3/b30-27+,38-33+,40-32-,41-28+,45-31+. The molecule has 0 bridgehead atoms. The summed E-state index contributed by atoms with van der Waals surface area (Å²) in [7, 11) is 0. The molecule has 0 saturated heterocycles. The second-order valence-corrected chi connectivity index (χ2v) is 14.5. The van der Waals surface area contributed by atoms with Crippen LogP contribution in [0, 0.1) is 5.92 Å². The summed E-state index contributed by atoms with van der Waals surface area (Å²) in [6, 6.07) is 21.2. The molecule has 1 aliphatic heterocycles. The van der Waals surface area contributed by atoms with Crippen molar-refractivity contribution in [2.45, 2.75) is 52.9 Å². The fourth-order valence-electron chi connectivity index (χ4n) is 6.54. The Bertz CT molecular complexity index is 2000. The van der Waals surface area contributed by atoms with Gasteiger partial charge in [-0.2, -0.15) is 0 Å². The molecule has 0 nitrogen and oxygen atoms in total. The van der Waals surface area contributed by atoms with Crippen LogP contribution < -0.4 is 0 Å². The van der Waals surface area contributed by atoms with Gasteiger partial charge in [-0.15, -0.1) is 0 Å². The third-order valence-corrected chi connectivity index (χ3v) is 10.7. The molecule has 0 aromatic heterocycles. The maximum atomic E-state index is 4.43. The summed E-state index contributed by atoms with van der Waals surface area (Å²) in [5, 5.41) is 0. The maximum absolute atomic E-state index is 4.43. The van der Waals surface area contributed by atoms with E-state index >= 15 is 0 Å². The van der Waals surface area contributed by atoms with Crippen molar-refractivity contribution in [1.29, 1.82) is 0 Å². The Morgan fingerprint density at radius 1 is 0.860 bits per heavy atom. The van der Waals surface area contributed by atoms with Gasteiger partial charge < -0.3 is 0 Å². The molecule has 3 aliphatic carbocycles. The van der Waals surface area contributed by atoms with Crippen LogP contribution in [-0.2, 0) is 0 Å². The zero-order valence-electron chi connectivity index (χ0n) is 29.7. The fraction of sp³-hybridized carbons (Fsp3) is 0.184. The van der Waals surface area contributed by atoms with Crippen LogP contribution >= 0.6 is 11.8 Å². The summed E-state index contributed by atoms with van der Waals surface area (Å²) < 4.78 is 0. The van der Waals surface area contributed by atoms with Gasteiger partial charge in [-0.3, -0.25) is 0 Å². The van der Waals surface area contributed by atoms with Gasteiger partial charge in [0.1, 0.15) is 0 Å². The first kappa shape index (κ1) is 35.0. The lowest BCUT2D eigenvalue weighted by atomic mass is 9.87. The molecule has 4 aliphatic rings. The van der Waals surface area contributed by atoms with Gasteiger partial charge >= 0.3 is 0 Å². The zero-order valence-corrected chi connectivity index (χ0v) is 30.6.